The Hall–Kier alpha value is -1.38. The van der Waals surface area contributed by atoms with Crippen LogP contribution in [0.25, 0.3) is 0 Å². The van der Waals surface area contributed by atoms with E-state index in [1.165, 1.54) is 135 Å². The van der Waals surface area contributed by atoms with Crippen LogP contribution in [0, 0.1) is 200 Å². The zero-order valence-corrected chi connectivity index (χ0v) is 51.9. The number of esters is 2. The average Bonchev–Trinajstić information content (AvgIpc) is 1.54. The van der Waals surface area contributed by atoms with Gasteiger partial charge in [0.15, 0.2) is 18.5 Å². The molecular weight excluding hydrogens is 1070 g/mol. The molecule has 2 N–H and O–H groups in total. The van der Waals surface area contributed by atoms with E-state index in [-0.39, 0.29) is 55.1 Å². The Balaban J connectivity index is 0.831. The molecule has 21 rings (SSSR count). The number of hydrogen-bond donors (Lipinski definition) is 2. The summed E-state index contributed by atoms with van der Waals surface area (Å²) in [6.45, 7) is 3.83. The molecule has 15 unspecified atom stereocenters. The van der Waals surface area contributed by atoms with Gasteiger partial charge in [-0.2, -0.15) is 0 Å². The Labute approximate surface area is 508 Å². The molecule has 16 saturated carbocycles. The van der Waals surface area contributed by atoms with Crippen LogP contribution in [0.5, 0.6) is 0 Å². The van der Waals surface area contributed by atoms with Crippen molar-refractivity contribution in [1.82, 2.24) is 0 Å². The molecule has 33 atom stereocenters. The summed E-state index contributed by atoms with van der Waals surface area (Å²) < 4.78 is 49.8. The highest BCUT2D eigenvalue weighted by Crippen LogP contribution is 2.92. The summed E-state index contributed by atoms with van der Waals surface area (Å²) in [5.41, 5.74) is -0.0451. The molecule has 85 heavy (non-hydrogen) atoms. The molecule has 0 aromatic heterocycles. The maximum atomic E-state index is 15.8. The van der Waals surface area contributed by atoms with Crippen LogP contribution in [0.4, 0.5) is 0 Å². The van der Waals surface area contributed by atoms with Gasteiger partial charge >= 0.3 is 11.9 Å². The molecule has 16 aliphatic carbocycles. The van der Waals surface area contributed by atoms with E-state index in [4.69, 9.17) is 37.9 Å². The quantitative estimate of drug-likeness (QED) is 0.0913. The van der Waals surface area contributed by atoms with Crippen molar-refractivity contribution in [2.24, 2.45) is 200 Å². The van der Waals surface area contributed by atoms with Crippen molar-refractivity contribution in [3.63, 3.8) is 0 Å². The molecule has 472 valence electrons. The lowest BCUT2D eigenvalue weighted by molar-refractivity contribution is -0.282. The summed E-state index contributed by atoms with van der Waals surface area (Å²) in [6.07, 6.45) is 27.3. The first kappa shape index (κ1) is 56.4. The number of hydrogen-bond acceptors (Lipinski definition) is 12. The molecule has 5 aliphatic heterocycles. The molecule has 0 aromatic rings. The highest BCUT2D eigenvalue weighted by Gasteiger charge is 2.88. The molecule has 2 spiro atoms. The van der Waals surface area contributed by atoms with Crippen molar-refractivity contribution in [3.8, 4) is 0 Å². The number of ether oxygens (including phenoxy) is 8. The minimum Gasteiger partial charge on any atom is -0.463 e. The Morgan fingerprint density at radius 3 is 1.66 bits per heavy atom. The van der Waals surface area contributed by atoms with Gasteiger partial charge in [0.2, 0.25) is 0 Å². The van der Waals surface area contributed by atoms with Gasteiger partial charge in [-0.25, -0.2) is 0 Å². The summed E-state index contributed by atoms with van der Waals surface area (Å²) in [6, 6.07) is 0. The van der Waals surface area contributed by atoms with E-state index in [2.05, 4.69) is 0 Å². The van der Waals surface area contributed by atoms with Gasteiger partial charge in [-0.3, -0.25) is 9.59 Å². The standard InChI is InChI=1S/C73H108O12/c1-78-19-21-80-23-25-82-68(74)64(69(75)83-26-24-81-22-20-79-2)54-48-30-47-44-15-13-38-6-3-36-4-10-40(11-5-36)34-84-70(76)67-71(77)85-35-41-12-8-37(27-41)7-9-39-14-16-49-56(54)59-55(48)58-53(47)52-46(45(44)28-38)29-43-33-73(67)32-42-17-18-72(49,31-39)65-50(42)62-61(63(59)65)60(58)57(52)51(43)66(62)73/h36-67,70-71,76-77H,3-35H2,1-2H3/t36?,37?,38?,39?,40?,41?,42-,43?,44-,45-,46+,47?,48+,49?,50-,51-,52+,53-,54+,55-,56?,57?,58-,59+,60?,61?,62-,63?,65-,66-,67?,70?,71?,72-,73+/m1/s1. The minimum absolute atomic E-state index is 0.0944. The predicted octanol–water partition coefficient (Wildman–Crippen LogP) is 11.0. The lowest BCUT2D eigenvalue weighted by Gasteiger charge is -2.68. The monoisotopic (exact) mass is 1180 g/mol. The summed E-state index contributed by atoms with van der Waals surface area (Å²) in [5.74, 6) is 15.9. The van der Waals surface area contributed by atoms with Crippen LogP contribution >= 0.6 is 0 Å². The van der Waals surface area contributed by atoms with Crippen LogP contribution in [0.3, 0.4) is 0 Å². The Morgan fingerprint density at radius 2 is 0.929 bits per heavy atom. The number of aliphatic hydroxyl groups is 2. The van der Waals surface area contributed by atoms with E-state index in [9.17, 15) is 10.2 Å². The van der Waals surface area contributed by atoms with E-state index in [1.807, 2.05) is 0 Å². The smallest absolute Gasteiger partial charge is 0.320 e. The molecule has 12 nitrogen and oxygen atoms in total. The first-order valence-corrected chi connectivity index (χ1v) is 36.8. The number of methoxy groups -OCH3 is 2. The molecule has 0 radical (unpaired) electrons. The molecule has 21 fully saturated rings. The second-order valence-corrected chi connectivity index (χ2v) is 34.4. The number of rotatable bonds is 15. The highest BCUT2D eigenvalue weighted by molar-refractivity contribution is 5.95. The zero-order valence-electron chi connectivity index (χ0n) is 51.9. The first-order valence-electron chi connectivity index (χ1n) is 36.8. The van der Waals surface area contributed by atoms with Crippen molar-refractivity contribution in [1.29, 1.82) is 0 Å². The number of carbonyl (C=O) groups excluding carboxylic acids is 2. The largest absolute Gasteiger partial charge is 0.463 e. The molecule has 12 heteroatoms. The predicted molar refractivity (Wildman–Crippen MR) is 314 cm³/mol. The van der Waals surface area contributed by atoms with Crippen LogP contribution in [0.1, 0.15) is 148 Å². The first-order chi connectivity index (χ1) is 41.7. The van der Waals surface area contributed by atoms with Gasteiger partial charge in [0, 0.05) is 14.2 Å². The summed E-state index contributed by atoms with van der Waals surface area (Å²) >= 11 is 0. The summed E-state index contributed by atoms with van der Waals surface area (Å²) in [5, 5.41) is 26.9. The SMILES string of the molecule is COCCOCCOC(=O)C(C(=O)OCCOCCOC)[C@@H]1C2C3CCC4CCC5CCC(COC(O)C6C(O)OCC7CCC(CC7)CCC7CC[C@H]8C9C[C@@H]1[C@H]1[C@@H]2C2C%10C%11C%12[C@H]%13C(C[C@@H]([C@@H]8C7)[C@H]%12[C@@H]9[C@@H]%111)C[C@]61C[C@H]6CC[C@]3(C4)[C@@H]2[C@H]6[C@H]%10[C@@H]%131)C5. The summed E-state index contributed by atoms with van der Waals surface area (Å²) in [4.78, 5) is 31.7. The molecule has 15 bridgehead atoms. The minimum atomic E-state index is -1.04. The van der Waals surface area contributed by atoms with Crippen molar-refractivity contribution < 1.29 is 57.7 Å². The topological polar surface area (TPSA) is 148 Å². The molecule has 0 aromatic carbocycles. The number of carbonyl (C=O) groups is 2. The zero-order chi connectivity index (χ0) is 56.8. The normalized spacial score (nSPS) is 56.9. The van der Waals surface area contributed by atoms with Gasteiger partial charge in [0.25, 0.3) is 0 Å². The van der Waals surface area contributed by atoms with E-state index in [0.717, 1.165) is 54.3 Å². The van der Waals surface area contributed by atoms with E-state index in [1.54, 1.807) is 14.2 Å². The number of aliphatic hydroxyl groups excluding tert-OH is 2. The molecule has 5 saturated heterocycles. The van der Waals surface area contributed by atoms with Crippen LogP contribution in [-0.2, 0) is 47.5 Å². The van der Waals surface area contributed by atoms with Crippen molar-refractivity contribution in [2.45, 2.75) is 160 Å². The van der Waals surface area contributed by atoms with Gasteiger partial charge in [-0.05, 0) is 278 Å². The van der Waals surface area contributed by atoms with Gasteiger partial charge in [0.05, 0.1) is 58.8 Å². The second-order valence-electron chi connectivity index (χ2n) is 34.4. The maximum Gasteiger partial charge on any atom is 0.320 e. The maximum absolute atomic E-state index is 15.8. The fourth-order valence-electron chi connectivity index (χ4n) is 31.5. The summed E-state index contributed by atoms with van der Waals surface area (Å²) in [7, 11) is 3.36. The van der Waals surface area contributed by atoms with Crippen LogP contribution in [0.2, 0.25) is 0 Å². The van der Waals surface area contributed by atoms with Gasteiger partial charge in [-0.1, -0.05) is 57.8 Å². The van der Waals surface area contributed by atoms with Crippen molar-refractivity contribution >= 4 is 11.9 Å². The molecular formula is C73H108O12. The highest BCUT2D eigenvalue weighted by atomic mass is 16.6. The fraction of sp³-hybridized carbons (Fsp3) is 0.973. The Morgan fingerprint density at radius 1 is 0.412 bits per heavy atom. The molecule has 0 amide bonds. The lowest BCUT2D eigenvalue weighted by Crippen LogP contribution is -2.63. The van der Waals surface area contributed by atoms with E-state index >= 15 is 9.59 Å². The fourth-order valence-corrected chi connectivity index (χ4v) is 31.5. The van der Waals surface area contributed by atoms with Crippen molar-refractivity contribution in [2.75, 3.05) is 80.3 Å². The third-order valence-electron chi connectivity index (χ3n) is 32.6. The van der Waals surface area contributed by atoms with Gasteiger partial charge in [0.1, 0.15) is 13.2 Å². The second kappa shape index (κ2) is 21.6. The molecule has 5 heterocycles. The Kier molecular flexibility index (Phi) is 14.3. The van der Waals surface area contributed by atoms with Crippen molar-refractivity contribution in [3.05, 3.63) is 0 Å². The molecule has 21 aliphatic rings. The average molecular weight is 1180 g/mol. The van der Waals surface area contributed by atoms with E-state index < -0.39 is 24.4 Å². The third-order valence-corrected chi connectivity index (χ3v) is 32.6. The Bertz CT molecular complexity index is 2470. The van der Waals surface area contributed by atoms with E-state index in [0.29, 0.717) is 170 Å². The van der Waals surface area contributed by atoms with Crippen LogP contribution < -0.4 is 0 Å². The third kappa shape index (κ3) is 8.15. The lowest BCUT2D eigenvalue weighted by atomic mass is 9.37. The van der Waals surface area contributed by atoms with Gasteiger partial charge < -0.3 is 48.1 Å². The van der Waals surface area contributed by atoms with Crippen LogP contribution in [-0.4, -0.2) is 115 Å². The van der Waals surface area contributed by atoms with Gasteiger partial charge in [-0.15, -0.1) is 0 Å². The van der Waals surface area contributed by atoms with Crippen LogP contribution in [0.15, 0.2) is 0 Å². The number of fused-ring (bicyclic) bond motifs is 8.